The average Bonchev–Trinajstić information content (AvgIpc) is 2.79. The summed E-state index contributed by atoms with van der Waals surface area (Å²) in [6, 6.07) is 0. The van der Waals surface area contributed by atoms with Gasteiger partial charge in [-0.1, -0.05) is 11.6 Å². The molecule has 0 saturated heterocycles. The van der Waals surface area contributed by atoms with Crippen molar-refractivity contribution in [3.63, 3.8) is 0 Å². The van der Waals surface area contributed by atoms with Crippen molar-refractivity contribution in [1.82, 2.24) is 24.7 Å². The number of fused-ring (bicyclic) bond motifs is 1. The topological polar surface area (TPSA) is 59.7 Å². The summed E-state index contributed by atoms with van der Waals surface area (Å²) in [5, 5.41) is 8.48. The van der Waals surface area contributed by atoms with Crippen molar-refractivity contribution >= 4 is 17.4 Å². The molecule has 0 amide bonds. The maximum absolute atomic E-state index is 6.00. The molecule has 0 atom stereocenters. The molecular formula is C10H11ClN6. The van der Waals surface area contributed by atoms with Crippen LogP contribution in [0.5, 0.6) is 0 Å². The lowest BCUT2D eigenvalue weighted by atomic mass is 10.3. The van der Waals surface area contributed by atoms with Gasteiger partial charge in [0.1, 0.15) is 23.6 Å². The molecule has 0 fully saturated rings. The molecule has 6 nitrogen and oxygen atoms in total. The Morgan fingerprint density at radius 3 is 3.06 bits per heavy atom. The van der Waals surface area contributed by atoms with E-state index in [-0.39, 0.29) is 0 Å². The van der Waals surface area contributed by atoms with Crippen LogP contribution in [0.2, 0.25) is 5.15 Å². The molecule has 0 unspecified atom stereocenters. The molecule has 3 heterocycles. The fourth-order valence-electron chi connectivity index (χ4n) is 1.99. The van der Waals surface area contributed by atoms with Crippen molar-refractivity contribution in [2.45, 2.75) is 20.0 Å². The third-order valence-electron chi connectivity index (χ3n) is 2.93. The predicted molar refractivity (Wildman–Crippen MR) is 62.9 cm³/mol. The highest BCUT2D eigenvalue weighted by atomic mass is 35.5. The number of nitrogens with zero attached hydrogens (tertiary/aromatic N) is 6. The van der Waals surface area contributed by atoms with Crippen molar-refractivity contribution in [2.24, 2.45) is 0 Å². The standard InChI is InChI=1S/C10H11ClN6/c1-7-9(11)12-5-13-10(7)16-2-3-17-6-14-15-8(17)4-16/h5-6H,2-4H2,1H3. The first-order chi connectivity index (χ1) is 8.25. The minimum absolute atomic E-state index is 0.502. The lowest BCUT2D eigenvalue weighted by molar-refractivity contribution is 0.555. The average molecular weight is 251 g/mol. The van der Waals surface area contributed by atoms with E-state index in [9.17, 15) is 0 Å². The minimum atomic E-state index is 0.502. The number of aromatic nitrogens is 5. The van der Waals surface area contributed by atoms with Gasteiger partial charge >= 0.3 is 0 Å². The van der Waals surface area contributed by atoms with Gasteiger partial charge < -0.3 is 9.47 Å². The Labute approximate surface area is 103 Å². The van der Waals surface area contributed by atoms with Gasteiger partial charge in [0.25, 0.3) is 0 Å². The zero-order valence-electron chi connectivity index (χ0n) is 9.34. The van der Waals surface area contributed by atoms with Gasteiger partial charge in [-0.3, -0.25) is 0 Å². The van der Waals surface area contributed by atoms with Gasteiger partial charge in [-0.15, -0.1) is 10.2 Å². The van der Waals surface area contributed by atoms with Crippen molar-refractivity contribution in [3.05, 3.63) is 29.2 Å². The van der Waals surface area contributed by atoms with E-state index in [0.29, 0.717) is 11.7 Å². The molecule has 2 aromatic heterocycles. The highest BCUT2D eigenvalue weighted by Crippen LogP contribution is 2.24. The molecule has 3 rings (SSSR count). The molecular weight excluding hydrogens is 240 g/mol. The van der Waals surface area contributed by atoms with E-state index in [0.717, 1.165) is 30.3 Å². The van der Waals surface area contributed by atoms with Gasteiger partial charge in [-0.05, 0) is 6.92 Å². The molecule has 0 N–H and O–H groups in total. The van der Waals surface area contributed by atoms with Crippen LogP contribution < -0.4 is 4.90 Å². The lowest BCUT2D eigenvalue weighted by Crippen LogP contribution is -2.34. The molecule has 17 heavy (non-hydrogen) atoms. The van der Waals surface area contributed by atoms with Gasteiger partial charge in [0, 0.05) is 18.7 Å². The van der Waals surface area contributed by atoms with E-state index in [1.807, 2.05) is 6.92 Å². The Balaban J connectivity index is 1.94. The van der Waals surface area contributed by atoms with Gasteiger partial charge in [0.2, 0.25) is 0 Å². The van der Waals surface area contributed by atoms with E-state index in [1.54, 1.807) is 6.33 Å². The van der Waals surface area contributed by atoms with Crippen molar-refractivity contribution in [3.8, 4) is 0 Å². The first kappa shape index (κ1) is 10.5. The number of anilines is 1. The molecule has 88 valence electrons. The molecule has 0 spiro atoms. The van der Waals surface area contributed by atoms with Gasteiger partial charge in [-0.2, -0.15) is 0 Å². The van der Waals surface area contributed by atoms with Crippen LogP contribution in [0, 0.1) is 6.92 Å². The van der Waals surface area contributed by atoms with Gasteiger partial charge in [0.05, 0.1) is 6.54 Å². The van der Waals surface area contributed by atoms with E-state index in [1.165, 1.54) is 6.33 Å². The third-order valence-corrected chi connectivity index (χ3v) is 3.32. The van der Waals surface area contributed by atoms with Crippen LogP contribution in [0.3, 0.4) is 0 Å². The highest BCUT2D eigenvalue weighted by Gasteiger charge is 2.20. The van der Waals surface area contributed by atoms with E-state index < -0.39 is 0 Å². The van der Waals surface area contributed by atoms with Crippen LogP contribution in [-0.4, -0.2) is 31.3 Å². The first-order valence-corrected chi connectivity index (χ1v) is 5.72. The summed E-state index contributed by atoms with van der Waals surface area (Å²) in [4.78, 5) is 10.4. The number of hydrogen-bond donors (Lipinski definition) is 0. The molecule has 0 aliphatic carbocycles. The summed E-state index contributed by atoms with van der Waals surface area (Å²) in [7, 11) is 0. The highest BCUT2D eigenvalue weighted by molar-refractivity contribution is 6.30. The summed E-state index contributed by atoms with van der Waals surface area (Å²) >= 11 is 6.00. The monoisotopic (exact) mass is 250 g/mol. The Bertz CT molecular complexity index is 551. The predicted octanol–water partition coefficient (Wildman–Crippen LogP) is 1.05. The number of rotatable bonds is 1. The van der Waals surface area contributed by atoms with Crippen molar-refractivity contribution < 1.29 is 0 Å². The lowest BCUT2D eigenvalue weighted by Gasteiger charge is -2.28. The second-order valence-electron chi connectivity index (χ2n) is 3.98. The molecule has 1 aliphatic rings. The summed E-state index contributed by atoms with van der Waals surface area (Å²) in [6.45, 7) is 4.37. The fraction of sp³-hybridized carbons (Fsp3) is 0.400. The molecule has 7 heteroatoms. The van der Waals surface area contributed by atoms with Crippen LogP contribution >= 0.6 is 11.6 Å². The zero-order valence-corrected chi connectivity index (χ0v) is 10.1. The summed E-state index contributed by atoms with van der Waals surface area (Å²) in [5.41, 5.74) is 0.905. The number of halogens is 1. The van der Waals surface area contributed by atoms with Crippen LogP contribution in [0.1, 0.15) is 11.4 Å². The minimum Gasteiger partial charge on any atom is -0.347 e. The quantitative estimate of drug-likeness (QED) is 0.708. The Morgan fingerprint density at radius 2 is 2.18 bits per heavy atom. The van der Waals surface area contributed by atoms with E-state index in [4.69, 9.17) is 11.6 Å². The van der Waals surface area contributed by atoms with Gasteiger partial charge in [0.15, 0.2) is 5.82 Å². The second-order valence-corrected chi connectivity index (χ2v) is 4.33. The second kappa shape index (κ2) is 3.96. The van der Waals surface area contributed by atoms with Gasteiger partial charge in [-0.25, -0.2) is 9.97 Å². The van der Waals surface area contributed by atoms with Crippen molar-refractivity contribution in [2.75, 3.05) is 11.4 Å². The molecule has 2 aromatic rings. The Kier molecular flexibility index (Phi) is 2.44. The number of hydrogen-bond acceptors (Lipinski definition) is 5. The summed E-state index contributed by atoms with van der Waals surface area (Å²) in [6.07, 6.45) is 3.25. The van der Waals surface area contributed by atoms with Crippen LogP contribution in [0.25, 0.3) is 0 Å². The summed E-state index contributed by atoms with van der Waals surface area (Å²) < 4.78 is 2.05. The molecule has 0 bridgehead atoms. The Morgan fingerprint density at radius 1 is 1.29 bits per heavy atom. The smallest absolute Gasteiger partial charge is 0.152 e. The molecule has 0 saturated carbocycles. The molecule has 0 aromatic carbocycles. The molecule has 1 aliphatic heterocycles. The maximum Gasteiger partial charge on any atom is 0.152 e. The van der Waals surface area contributed by atoms with Crippen LogP contribution in [0.15, 0.2) is 12.7 Å². The maximum atomic E-state index is 6.00. The fourth-order valence-corrected chi connectivity index (χ4v) is 2.11. The first-order valence-electron chi connectivity index (χ1n) is 5.34. The van der Waals surface area contributed by atoms with Crippen LogP contribution in [-0.2, 0) is 13.1 Å². The van der Waals surface area contributed by atoms with Crippen LogP contribution in [0.4, 0.5) is 5.82 Å². The van der Waals surface area contributed by atoms with Crippen molar-refractivity contribution in [1.29, 1.82) is 0 Å². The van der Waals surface area contributed by atoms with E-state index >= 15 is 0 Å². The normalized spacial score (nSPS) is 14.8. The zero-order chi connectivity index (χ0) is 11.8. The SMILES string of the molecule is Cc1c(Cl)ncnc1N1CCn2cnnc2C1. The Hall–Kier alpha value is -1.69. The molecule has 0 radical (unpaired) electrons. The van der Waals surface area contributed by atoms with E-state index in [2.05, 4.69) is 29.6 Å². The third kappa shape index (κ3) is 1.74. The summed E-state index contributed by atoms with van der Waals surface area (Å²) in [5.74, 6) is 1.82. The largest absolute Gasteiger partial charge is 0.347 e.